The Morgan fingerprint density at radius 2 is 2.00 bits per heavy atom. The maximum atomic E-state index is 9.34. The Kier molecular flexibility index (Phi) is 8.06. The molecule has 0 rings (SSSR count). The second-order valence-electron chi connectivity index (χ2n) is 0.583. The van der Waals surface area contributed by atoms with Crippen molar-refractivity contribution >= 4 is 5.97 Å². The standard InChI is InChI=1S/C2H4O3.Pt/c1-2(3)5-4;/h4H,1H3;. The largest absolute Gasteiger partial charge is 0.339 e. The summed E-state index contributed by atoms with van der Waals surface area (Å²) in [7, 11) is 0. The first-order valence-electron chi connectivity index (χ1n) is 1.09. The maximum Gasteiger partial charge on any atom is 0.339 e. The Labute approximate surface area is 49.5 Å². The van der Waals surface area contributed by atoms with E-state index in [9.17, 15) is 4.79 Å². The van der Waals surface area contributed by atoms with E-state index in [1.54, 1.807) is 0 Å². The second-order valence-corrected chi connectivity index (χ2v) is 0.583. The first-order valence-corrected chi connectivity index (χ1v) is 1.09. The molecule has 0 heterocycles. The van der Waals surface area contributed by atoms with Gasteiger partial charge in [-0.2, -0.15) is 5.26 Å². The molecule has 0 unspecified atom stereocenters. The summed E-state index contributed by atoms with van der Waals surface area (Å²) in [5, 5.41) is 7.29. The van der Waals surface area contributed by atoms with Crippen LogP contribution in [0.4, 0.5) is 0 Å². The molecule has 0 bridgehead atoms. The first-order chi connectivity index (χ1) is 2.27. The van der Waals surface area contributed by atoms with Gasteiger partial charge in [0.2, 0.25) is 0 Å². The summed E-state index contributed by atoms with van der Waals surface area (Å²) in [6.45, 7) is 1.11. The molecule has 40 valence electrons. The fourth-order valence-corrected chi connectivity index (χ4v) is 0. The summed E-state index contributed by atoms with van der Waals surface area (Å²) in [4.78, 5) is 12.5. The van der Waals surface area contributed by atoms with Crippen LogP contribution >= 0.6 is 0 Å². The van der Waals surface area contributed by atoms with Crippen LogP contribution in [-0.4, -0.2) is 11.2 Å². The average molecular weight is 271 g/mol. The third-order valence-electron chi connectivity index (χ3n) is 0.129. The van der Waals surface area contributed by atoms with Gasteiger partial charge in [-0.3, -0.25) is 0 Å². The van der Waals surface area contributed by atoms with Gasteiger partial charge in [-0.25, -0.2) is 4.79 Å². The van der Waals surface area contributed by atoms with E-state index in [1.165, 1.54) is 0 Å². The van der Waals surface area contributed by atoms with E-state index in [1.807, 2.05) is 0 Å². The predicted octanol–water partition coefficient (Wildman–Crippen LogP) is 0.0200. The van der Waals surface area contributed by atoms with Crippen molar-refractivity contribution in [3.63, 3.8) is 0 Å². The van der Waals surface area contributed by atoms with Crippen LogP contribution in [0.2, 0.25) is 0 Å². The molecule has 0 aliphatic carbocycles. The Morgan fingerprint density at radius 3 is 2.00 bits per heavy atom. The van der Waals surface area contributed by atoms with E-state index in [-0.39, 0.29) is 21.1 Å². The number of hydrogen-bond acceptors (Lipinski definition) is 3. The van der Waals surface area contributed by atoms with Crippen molar-refractivity contribution in [2.45, 2.75) is 6.92 Å². The molecule has 6 heavy (non-hydrogen) atoms. The normalized spacial score (nSPS) is 5.67. The molecular formula is C2H4O3Pt. The van der Waals surface area contributed by atoms with Crippen LogP contribution in [0.15, 0.2) is 0 Å². The van der Waals surface area contributed by atoms with Crippen molar-refractivity contribution in [3.8, 4) is 0 Å². The molecule has 0 aliphatic heterocycles. The molecule has 0 aromatic carbocycles. The summed E-state index contributed by atoms with van der Waals surface area (Å²) < 4.78 is 0. The van der Waals surface area contributed by atoms with Crippen molar-refractivity contribution in [1.82, 2.24) is 0 Å². The zero-order valence-corrected chi connectivity index (χ0v) is 5.35. The number of carbonyl (C=O) groups excluding carboxylic acids is 1. The predicted molar refractivity (Wildman–Crippen MR) is 14.4 cm³/mol. The quantitative estimate of drug-likeness (QED) is 0.499. The Hall–Kier alpha value is 0.118. The zero-order chi connectivity index (χ0) is 4.28. The third kappa shape index (κ3) is 8.92. The summed E-state index contributed by atoms with van der Waals surface area (Å²) >= 11 is 0. The molecule has 0 atom stereocenters. The second kappa shape index (κ2) is 5.12. The Morgan fingerprint density at radius 1 is 1.83 bits per heavy atom. The van der Waals surface area contributed by atoms with Crippen LogP contribution < -0.4 is 0 Å². The topological polar surface area (TPSA) is 46.5 Å². The van der Waals surface area contributed by atoms with Gasteiger partial charge in [0.1, 0.15) is 0 Å². The Bertz CT molecular complexity index is 44.1. The van der Waals surface area contributed by atoms with Crippen LogP contribution in [0.5, 0.6) is 0 Å². The van der Waals surface area contributed by atoms with Crippen LogP contribution in [0.25, 0.3) is 0 Å². The molecule has 4 heteroatoms. The van der Waals surface area contributed by atoms with Crippen molar-refractivity contribution in [2.75, 3.05) is 0 Å². The van der Waals surface area contributed by atoms with Gasteiger partial charge in [0.05, 0.1) is 0 Å². The molecule has 1 N–H and O–H groups in total. The van der Waals surface area contributed by atoms with Crippen molar-refractivity contribution in [1.29, 1.82) is 0 Å². The molecule has 0 fully saturated rings. The molecule has 0 aromatic rings. The summed E-state index contributed by atoms with van der Waals surface area (Å²) in [5.74, 6) is -0.690. The molecule has 0 aromatic heterocycles. The van der Waals surface area contributed by atoms with Crippen molar-refractivity contribution < 1.29 is 36.0 Å². The van der Waals surface area contributed by atoms with Crippen LogP contribution in [0, 0.1) is 0 Å². The van der Waals surface area contributed by atoms with E-state index < -0.39 is 5.97 Å². The van der Waals surface area contributed by atoms with Gasteiger partial charge in [-0.15, -0.1) is 0 Å². The van der Waals surface area contributed by atoms with E-state index in [0.717, 1.165) is 6.92 Å². The maximum absolute atomic E-state index is 9.34. The minimum atomic E-state index is -0.690. The van der Waals surface area contributed by atoms with Gasteiger partial charge >= 0.3 is 5.97 Å². The van der Waals surface area contributed by atoms with Crippen molar-refractivity contribution in [3.05, 3.63) is 0 Å². The van der Waals surface area contributed by atoms with Crippen LogP contribution in [0.3, 0.4) is 0 Å². The summed E-state index contributed by atoms with van der Waals surface area (Å²) in [6.07, 6.45) is 0. The first kappa shape index (κ1) is 9.45. The van der Waals surface area contributed by atoms with Crippen LogP contribution in [-0.2, 0) is 30.7 Å². The van der Waals surface area contributed by atoms with Gasteiger partial charge in [0.15, 0.2) is 0 Å². The van der Waals surface area contributed by atoms with E-state index in [4.69, 9.17) is 5.26 Å². The van der Waals surface area contributed by atoms with Gasteiger partial charge in [0.25, 0.3) is 0 Å². The molecule has 0 saturated carbocycles. The van der Waals surface area contributed by atoms with E-state index >= 15 is 0 Å². The molecular weight excluding hydrogens is 267 g/mol. The number of hydrogen-bond donors (Lipinski definition) is 1. The summed E-state index contributed by atoms with van der Waals surface area (Å²) in [5.41, 5.74) is 0. The monoisotopic (exact) mass is 271 g/mol. The van der Waals surface area contributed by atoms with Gasteiger partial charge in [0, 0.05) is 28.0 Å². The smallest absolute Gasteiger partial charge is 0.301 e. The summed E-state index contributed by atoms with van der Waals surface area (Å²) in [6, 6.07) is 0. The average Bonchev–Trinajstić information content (AvgIpc) is 1.38. The van der Waals surface area contributed by atoms with Crippen molar-refractivity contribution in [2.24, 2.45) is 0 Å². The van der Waals surface area contributed by atoms with Gasteiger partial charge in [-0.05, 0) is 0 Å². The molecule has 0 amide bonds. The third-order valence-corrected chi connectivity index (χ3v) is 0.129. The van der Waals surface area contributed by atoms with Crippen LogP contribution in [0.1, 0.15) is 6.92 Å². The zero-order valence-electron chi connectivity index (χ0n) is 3.08. The molecule has 0 radical (unpaired) electrons. The number of rotatable bonds is 0. The fraction of sp³-hybridized carbons (Fsp3) is 0.500. The molecule has 0 aliphatic rings. The number of carbonyl (C=O) groups is 1. The molecule has 0 spiro atoms. The Balaban J connectivity index is 0. The van der Waals surface area contributed by atoms with E-state index in [0.29, 0.717) is 0 Å². The molecule has 3 nitrogen and oxygen atoms in total. The minimum Gasteiger partial charge on any atom is -0.301 e. The fourth-order valence-electron chi connectivity index (χ4n) is 0. The molecule has 0 saturated heterocycles. The van der Waals surface area contributed by atoms with Gasteiger partial charge in [-0.1, -0.05) is 0 Å². The van der Waals surface area contributed by atoms with Gasteiger partial charge < -0.3 is 4.89 Å². The SMILES string of the molecule is CC(=O)OO.[Pt]. The van der Waals surface area contributed by atoms with E-state index in [2.05, 4.69) is 4.89 Å². The minimum absolute atomic E-state index is 0.